The monoisotopic (exact) mass is 305 g/mol. The van der Waals surface area contributed by atoms with Crippen molar-refractivity contribution in [2.24, 2.45) is 0 Å². The summed E-state index contributed by atoms with van der Waals surface area (Å²) in [6, 6.07) is 7.31. The van der Waals surface area contributed by atoms with Crippen molar-refractivity contribution in [3.05, 3.63) is 58.4 Å². The number of halogens is 1. The summed E-state index contributed by atoms with van der Waals surface area (Å²) in [6.45, 7) is 0.104. The van der Waals surface area contributed by atoms with Crippen LogP contribution in [0.1, 0.15) is 26.4 Å². The summed E-state index contributed by atoms with van der Waals surface area (Å²) in [5, 5.41) is 11.9. The third-order valence-corrected chi connectivity index (χ3v) is 2.89. The van der Waals surface area contributed by atoms with E-state index in [1.807, 2.05) is 0 Å². The van der Waals surface area contributed by atoms with E-state index in [4.69, 9.17) is 22.4 Å². The van der Waals surface area contributed by atoms with Crippen LogP contribution in [0.3, 0.4) is 0 Å². The van der Waals surface area contributed by atoms with Gasteiger partial charge in [-0.2, -0.15) is 0 Å². The van der Waals surface area contributed by atoms with Crippen molar-refractivity contribution in [1.29, 1.82) is 0 Å². The quantitative estimate of drug-likeness (QED) is 0.749. The van der Waals surface area contributed by atoms with Crippen LogP contribution in [0.4, 0.5) is 5.69 Å². The summed E-state index contributed by atoms with van der Waals surface area (Å²) < 4.78 is 0. The Morgan fingerprint density at radius 1 is 1.24 bits per heavy atom. The van der Waals surface area contributed by atoms with Crippen LogP contribution in [0.2, 0.25) is 5.02 Å². The average molecular weight is 306 g/mol. The molecule has 2 rings (SSSR count). The van der Waals surface area contributed by atoms with E-state index in [9.17, 15) is 9.59 Å². The lowest BCUT2D eigenvalue weighted by atomic mass is 10.2. The normalized spacial score (nSPS) is 10.1. The van der Waals surface area contributed by atoms with Crippen LogP contribution in [0.15, 0.2) is 36.5 Å². The van der Waals surface area contributed by atoms with Crippen LogP contribution in [0, 0.1) is 0 Å². The second kappa shape index (κ2) is 6.23. The van der Waals surface area contributed by atoms with Gasteiger partial charge in [0.05, 0.1) is 17.8 Å². The van der Waals surface area contributed by atoms with Crippen molar-refractivity contribution >= 4 is 29.2 Å². The fourth-order valence-corrected chi connectivity index (χ4v) is 1.97. The van der Waals surface area contributed by atoms with E-state index in [-0.39, 0.29) is 18.0 Å². The van der Waals surface area contributed by atoms with Crippen LogP contribution in [0.25, 0.3) is 0 Å². The standard InChI is InChI=1S/C14H12ClN3O3/c15-10-3-9(4-11(16)6-10)13(19)18-7-12-5-8(14(20)21)1-2-17-12/h1-6H,7,16H2,(H,18,19)(H,20,21). The van der Waals surface area contributed by atoms with Gasteiger partial charge in [-0.15, -0.1) is 0 Å². The molecule has 0 fully saturated rings. The summed E-state index contributed by atoms with van der Waals surface area (Å²) >= 11 is 5.83. The number of hydrogen-bond donors (Lipinski definition) is 3. The van der Waals surface area contributed by atoms with Crippen molar-refractivity contribution in [3.8, 4) is 0 Å². The smallest absolute Gasteiger partial charge is 0.335 e. The highest BCUT2D eigenvalue weighted by atomic mass is 35.5. The van der Waals surface area contributed by atoms with E-state index < -0.39 is 5.97 Å². The minimum Gasteiger partial charge on any atom is -0.478 e. The molecule has 0 saturated carbocycles. The zero-order valence-electron chi connectivity index (χ0n) is 10.8. The number of amides is 1. The van der Waals surface area contributed by atoms with E-state index in [1.165, 1.54) is 36.5 Å². The van der Waals surface area contributed by atoms with Gasteiger partial charge in [0.15, 0.2) is 0 Å². The number of anilines is 1. The van der Waals surface area contributed by atoms with Crippen LogP contribution >= 0.6 is 11.6 Å². The van der Waals surface area contributed by atoms with Gasteiger partial charge in [0.1, 0.15) is 0 Å². The largest absolute Gasteiger partial charge is 0.478 e. The number of nitrogens with zero attached hydrogens (tertiary/aromatic N) is 1. The summed E-state index contributed by atoms with van der Waals surface area (Å²) in [5.74, 6) is -1.42. The Balaban J connectivity index is 2.07. The Kier molecular flexibility index (Phi) is 4.39. The summed E-state index contributed by atoms with van der Waals surface area (Å²) in [5.41, 5.74) is 6.89. The SMILES string of the molecule is Nc1cc(Cl)cc(C(=O)NCc2cc(C(=O)O)ccn2)c1. The number of carboxylic acid groups (broad SMARTS) is 1. The van der Waals surface area contributed by atoms with E-state index in [0.29, 0.717) is 22.0 Å². The molecule has 0 aliphatic rings. The molecule has 0 aliphatic carbocycles. The molecule has 2 aromatic rings. The Hall–Kier alpha value is -2.60. The van der Waals surface area contributed by atoms with E-state index in [1.54, 1.807) is 0 Å². The van der Waals surface area contributed by atoms with Gasteiger partial charge in [-0.3, -0.25) is 9.78 Å². The summed E-state index contributed by atoms with van der Waals surface area (Å²) in [7, 11) is 0. The number of benzene rings is 1. The van der Waals surface area contributed by atoms with E-state index in [2.05, 4.69) is 10.3 Å². The molecule has 6 nitrogen and oxygen atoms in total. The molecule has 4 N–H and O–H groups in total. The molecule has 1 heterocycles. The Bertz CT molecular complexity index is 683. The Labute approximate surface area is 125 Å². The zero-order chi connectivity index (χ0) is 15.4. The third-order valence-electron chi connectivity index (χ3n) is 2.68. The predicted octanol–water partition coefficient (Wildman–Crippen LogP) is 1.95. The van der Waals surface area contributed by atoms with Gasteiger partial charge < -0.3 is 16.2 Å². The zero-order valence-corrected chi connectivity index (χ0v) is 11.6. The molecule has 108 valence electrons. The second-order valence-electron chi connectivity index (χ2n) is 4.30. The van der Waals surface area contributed by atoms with Gasteiger partial charge in [-0.1, -0.05) is 11.6 Å². The number of nitrogens with two attached hydrogens (primary N) is 1. The van der Waals surface area contributed by atoms with Crippen LogP contribution in [-0.4, -0.2) is 22.0 Å². The number of aromatic carboxylic acids is 1. The van der Waals surface area contributed by atoms with E-state index in [0.717, 1.165) is 0 Å². The maximum absolute atomic E-state index is 12.0. The van der Waals surface area contributed by atoms with Crippen molar-refractivity contribution in [3.63, 3.8) is 0 Å². The molecule has 0 saturated heterocycles. The Morgan fingerprint density at radius 3 is 2.67 bits per heavy atom. The molecule has 0 spiro atoms. The molecule has 0 unspecified atom stereocenters. The van der Waals surface area contributed by atoms with Crippen LogP contribution in [0.5, 0.6) is 0 Å². The number of rotatable bonds is 4. The number of nitrogen functional groups attached to an aromatic ring is 1. The number of pyridine rings is 1. The van der Waals surface area contributed by atoms with Gasteiger partial charge in [0.25, 0.3) is 5.91 Å². The summed E-state index contributed by atoms with van der Waals surface area (Å²) in [4.78, 5) is 26.8. The van der Waals surface area contributed by atoms with Crippen LogP contribution in [-0.2, 0) is 6.54 Å². The lowest BCUT2D eigenvalue weighted by molar-refractivity contribution is 0.0696. The van der Waals surface area contributed by atoms with Gasteiger partial charge >= 0.3 is 5.97 Å². The first-order chi connectivity index (χ1) is 9.95. The molecule has 1 aromatic heterocycles. The second-order valence-corrected chi connectivity index (χ2v) is 4.73. The number of aromatic nitrogens is 1. The van der Waals surface area contributed by atoms with Crippen molar-refractivity contribution in [2.75, 3.05) is 5.73 Å². The minimum atomic E-state index is -1.05. The molecule has 1 amide bonds. The lowest BCUT2D eigenvalue weighted by Gasteiger charge is -2.06. The lowest BCUT2D eigenvalue weighted by Crippen LogP contribution is -2.23. The van der Waals surface area contributed by atoms with Gasteiger partial charge in [0.2, 0.25) is 0 Å². The topological polar surface area (TPSA) is 105 Å². The molecule has 0 atom stereocenters. The highest BCUT2D eigenvalue weighted by molar-refractivity contribution is 6.31. The van der Waals surface area contributed by atoms with Crippen molar-refractivity contribution < 1.29 is 14.7 Å². The number of carboxylic acids is 1. The molecule has 0 aliphatic heterocycles. The molecule has 1 aromatic carbocycles. The number of nitrogens with one attached hydrogen (secondary N) is 1. The van der Waals surface area contributed by atoms with Crippen molar-refractivity contribution in [2.45, 2.75) is 6.54 Å². The fourth-order valence-electron chi connectivity index (χ4n) is 1.72. The fraction of sp³-hybridized carbons (Fsp3) is 0.0714. The van der Waals surface area contributed by atoms with Gasteiger partial charge in [-0.25, -0.2) is 4.79 Å². The maximum Gasteiger partial charge on any atom is 0.335 e. The molecule has 21 heavy (non-hydrogen) atoms. The van der Waals surface area contributed by atoms with Crippen LogP contribution < -0.4 is 11.1 Å². The van der Waals surface area contributed by atoms with Crippen molar-refractivity contribution in [1.82, 2.24) is 10.3 Å². The molecule has 7 heteroatoms. The molecule has 0 radical (unpaired) electrons. The third kappa shape index (κ3) is 3.93. The maximum atomic E-state index is 12.0. The first-order valence-electron chi connectivity index (χ1n) is 5.98. The molecule has 0 bridgehead atoms. The average Bonchev–Trinajstić information content (AvgIpc) is 2.44. The first-order valence-corrected chi connectivity index (χ1v) is 6.36. The highest BCUT2D eigenvalue weighted by Crippen LogP contribution is 2.16. The van der Waals surface area contributed by atoms with E-state index >= 15 is 0 Å². The minimum absolute atomic E-state index is 0.104. The molecular formula is C14H12ClN3O3. The van der Waals surface area contributed by atoms with Gasteiger partial charge in [0, 0.05) is 22.5 Å². The number of carbonyl (C=O) groups excluding carboxylic acids is 1. The summed E-state index contributed by atoms with van der Waals surface area (Å²) in [6.07, 6.45) is 1.38. The predicted molar refractivity (Wildman–Crippen MR) is 78.2 cm³/mol. The Morgan fingerprint density at radius 2 is 2.00 bits per heavy atom. The number of hydrogen-bond acceptors (Lipinski definition) is 4. The molecular weight excluding hydrogens is 294 g/mol. The highest BCUT2D eigenvalue weighted by Gasteiger charge is 2.09. The van der Waals surface area contributed by atoms with Gasteiger partial charge in [-0.05, 0) is 30.3 Å². The first kappa shape index (κ1) is 14.8. The number of carbonyl (C=O) groups is 2.